The molecule has 4 aromatic rings. The molecule has 2 aromatic carbocycles. The predicted molar refractivity (Wildman–Crippen MR) is 129 cm³/mol. The molecule has 0 unspecified atom stereocenters. The van der Waals surface area contributed by atoms with Gasteiger partial charge in [-0.25, -0.2) is 14.4 Å². The lowest BCUT2D eigenvalue weighted by molar-refractivity contribution is -0.383. The van der Waals surface area contributed by atoms with E-state index in [2.05, 4.69) is 25.2 Å². The third-order valence-corrected chi connectivity index (χ3v) is 5.87. The van der Waals surface area contributed by atoms with E-state index in [0.717, 1.165) is 16.8 Å². The number of nitro groups is 1. The Balaban J connectivity index is 1.43. The lowest BCUT2D eigenvalue weighted by Crippen LogP contribution is -2.47. The smallest absolute Gasteiger partial charge is 0.353 e. The Morgan fingerprint density at radius 2 is 1.71 bits per heavy atom. The van der Waals surface area contributed by atoms with Crippen LogP contribution in [0.4, 0.5) is 33.1 Å². The van der Waals surface area contributed by atoms with Gasteiger partial charge in [0.05, 0.1) is 16.1 Å². The summed E-state index contributed by atoms with van der Waals surface area (Å²) in [5, 5.41) is 16.1. The summed E-state index contributed by atoms with van der Waals surface area (Å²) in [5.41, 5.74) is 2.93. The average Bonchev–Trinajstić information content (AvgIpc) is 2.85. The maximum absolute atomic E-state index is 13.2. The Hall–Kier alpha value is -4.34. The molecule has 1 saturated heterocycles. The van der Waals surface area contributed by atoms with Crippen molar-refractivity contribution >= 4 is 39.6 Å². The van der Waals surface area contributed by atoms with Crippen molar-refractivity contribution in [1.82, 2.24) is 15.0 Å². The number of benzene rings is 2. The number of aromatic nitrogens is 3. The van der Waals surface area contributed by atoms with Crippen LogP contribution < -0.4 is 15.1 Å². The van der Waals surface area contributed by atoms with E-state index in [1.54, 1.807) is 12.1 Å². The standard InChI is InChI=1S/C24H22FN7O2/c1-16-5-6-17-3-2-4-20(21(17)28-16)29-23-22(32(33)34)24(27-15-26-23)31-13-11-30(12-14-31)19-9-7-18(25)8-10-19/h2-10,15H,11-14H2,1H3,(H,26,27,29). The first-order valence-electron chi connectivity index (χ1n) is 10.9. The Labute approximate surface area is 195 Å². The van der Waals surface area contributed by atoms with Crippen molar-refractivity contribution in [2.75, 3.05) is 41.3 Å². The van der Waals surface area contributed by atoms with Gasteiger partial charge in [0.1, 0.15) is 12.1 Å². The van der Waals surface area contributed by atoms with Crippen LogP contribution in [0.5, 0.6) is 0 Å². The van der Waals surface area contributed by atoms with Gasteiger partial charge < -0.3 is 15.1 Å². The Morgan fingerprint density at radius 1 is 0.971 bits per heavy atom. The Morgan fingerprint density at radius 3 is 2.44 bits per heavy atom. The second-order valence-corrected chi connectivity index (χ2v) is 8.06. The molecule has 1 aliphatic rings. The quantitative estimate of drug-likeness (QED) is 0.345. The molecule has 0 aliphatic carbocycles. The van der Waals surface area contributed by atoms with Crippen molar-refractivity contribution in [3.05, 3.63) is 82.6 Å². The summed E-state index contributed by atoms with van der Waals surface area (Å²) in [5.74, 6) is 0.105. The van der Waals surface area contributed by atoms with Crippen molar-refractivity contribution in [2.24, 2.45) is 0 Å². The van der Waals surface area contributed by atoms with Gasteiger partial charge in [0.25, 0.3) is 0 Å². The number of para-hydroxylation sites is 1. The molecule has 0 bridgehead atoms. The van der Waals surface area contributed by atoms with Crippen molar-refractivity contribution in [1.29, 1.82) is 0 Å². The van der Waals surface area contributed by atoms with Gasteiger partial charge in [0.15, 0.2) is 0 Å². The lowest BCUT2D eigenvalue weighted by atomic mass is 10.1. The van der Waals surface area contributed by atoms with Crippen LogP contribution in [0.1, 0.15) is 5.69 Å². The molecule has 172 valence electrons. The number of halogens is 1. The van der Waals surface area contributed by atoms with Crippen LogP contribution in [0.2, 0.25) is 0 Å². The fraction of sp³-hybridized carbons (Fsp3) is 0.208. The van der Waals surface area contributed by atoms with Crippen LogP contribution in [-0.2, 0) is 0 Å². The number of fused-ring (bicyclic) bond motifs is 1. The molecule has 1 aliphatic heterocycles. The first-order valence-corrected chi connectivity index (χ1v) is 10.9. The molecular formula is C24H22FN7O2. The minimum Gasteiger partial charge on any atom is -0.368 e. The molecule has 0 amide bonds. The molecule has 3 heterocycles. The molecule has 10 heteroatoms. The first-order chi connectivity index (χ1) is 16.5. The van der Waals surface area contributed by atoms with E-state index in [-0.39, 0.29) is 23.1 Å². The molecule has 0 radical (unpaired) electrons. The number of piperazine rings is 1. The fourth-order valence-corrected chi connectivity index (χ4v) is 4.16. The number of rotatable bonds is 5. The zero-order valence-electron chi connectivity index (χ0n) is 18.5. The molecule has 34 heavy (non-hydrogen) atoms. The van der Waals surface area contributed by atoms with E-state index in [4.69, 9.17) is 0 Å². The molecule has 1 fully saturated rings. The largest absolute Gasteiger partial charge is 0.368 e. The summed E-state index contributed by atoms with van der Waals surface area (Å²) in [4.78, 5) is 28.7. The second-order valence-electron chi connectivity index (χ2n) is 8.06. The van der Waals surface area contributed by atoms with Crippen LogP contribution in [0.3, 0.4) is 0 Å². The van der Waals surface area contributed by atoms with Gasteiger partial charge in [-0.1, -0.05) is 18.2 Å². The maximum atomic E-state index is 13.2. The number of hydrogen-bond donors (Lipinski definition) is 1. The van der Waals surface area contributed by atoms with Gasteiger partial charge in [-0.15, -0.1) is 0 Å². The predicted octanol–water partition coefficient (Wildman–Crippen LogP) is 4.45. The zero-order valence-corrected chi connectivity index (χ0v) is 18.5. The fourth-order valence-electron chi connectivity index (χ4n) is 4.16. The number of anilines is 4. The molecule has 1 N–H and O–H groups in total. The summed E-state index contributed by atoms with van der Waals surface area (Å²) < 4.78 is 13.2. The summed E-state index contributed by atoms with van der Waals surface area (Å²) in [6.07, 6.45) is 1.33. The van der Waals surface area contributed by atoms with Gasteiger partial charge in [0.2, 0.25) is 11.6 Å². The van der Waals surface area contributed by atoms with Gasteiger partial charge >= 0.3 is 5.69 Å². The maximum Gasteiger partial charge on any atom is 0.353 e. The van der Waals surface area contributed by atoms with Gasteiger partial charge in [-0.05, 0) is 43.3 Å². The van der Waals surface area contributed by atoms with Gasteiger partial charge in [0, 0.05) is 42.9 Å². The second kappa shape index (κ2) is 8.89. The zero-order chi connectivity index (χ0) is 23.7. The Bertz CT molecular complexity index is 1360. The molecule has 0 atom stereocenters. The molecule has 9 nitrogen and oxygen atoms in total. The summed E-state index contributed by atoms with van der Waals surface area (Å²) in [6, 6.07) is 15.8. The topological polar surface area (TPSA) is 100 Å². The van der Waals surface area contributed by atoms with E-state index in [1.165, 1.54) is 18.5 Å². The third-order valence-electron chi connectivity index (χ3n) is 5.87. The van der Waals surface area contributed by atoms with Crippen LogP contribution >= 0.6 is 0 Å². The van der Waals surface area contributed by atoms with E-state index >= 15 is 0 Å². The highest BCUT2D eigenvalue weighted by Crippen LogP contribution is 2.35. The van der Waals surface area contributed by atoms with Crippen LogP contribution in [0.25, 0.3) is 10.9 Å². The van der Waals surface area contributed by atoms with Crippen molar-refractivity contribution in [2.45, 2.75) is 6.92 Å². The lowest BCUT2D eigenvalue weighted by Gasteiger charge is -2.36. The number of nitrogens with one attached hydrogen (secondary N) is 1. The number of hydrogen-bond acceptors (Lipinski definition) is 8. The summed E-state index contributed by atoms with van der Waals surface area (Å²) in [6.45, 7) is 4.21. The summed E-state index contributed by atoms with van der Waals surface area (Å²) >= 11 is 0. The first kappa shape index (κ1) is 21.5. The van der Waals surface area contributed by atoms with Crippen molar-refractivity contribution < 1.29 is 9.31 Å². The molecule has 2 aromatic heterocycles. The highest BCUT2D eigenvalue weighted by Gasteiger charge is 2.29. The van der Waals surface area contributed by atoms with E-state index in [0.29, 0.717) is 37.4 Å². The highest BCUT2D eigenvalue weighted by atomic mass is 19.1. The van der Waals surface area contributed by atoms with Gasteiger partial charge in [-0.3, -0.25) is 15.1 Å². The van der Waals surface area contributed by atoms with Gasteiger partial charge in [-0.2, -0.15) is 0 Å². The van der Waals surface area contributed by atoms with Crippen LogP contribution in [-0.4, -0.2) is 46.1 Å². The minimum absolute atomic E-state index is 0.117. The summed E-state index contributed by atoms with van der Waals surface area (Å²) in [7, 11) is 0. The van der Waals surface area contributed by atoms with E-state index in [1.807, 2.05) is 42.2 Å². The molecular weight excluding hydrogens is 437 g/mol. The van der Waals surface area contributed by atoms with Crippen molar-refractivity contribution in [3.63, 3.8) is 0 Å². The number of pyridine rings is 1. The number of aryl methyl sites for hydroxylation is 1. The average molecular weight is 459 g/mol. The highest BCUT2D eigenvalue weighted by molar-refractivity contribution is 5.93. The van der Waals surface area contributed by atoms with Crippen LogP contribution in [0.15, 0.2) is 60.9 Å². The SMILES string of the molecule is Cc1ccc2cccc(Nc3ncnc(N4CCN(c5ccc(F)cc5)CC4)c3[N+](=O)[O-])c2n1. The van der Waals surface area contributed by atoms with E-state index < -0.39 is 4.92 Å². The molecule has 0 spiro atoms. The van der Waals surface area contributed by atoms with E-state index in [9.17, 15) is 14.5 Å². The Kier molecular flexibility index (Phi) is 5.62. The van der Waals surface area contributed by atoms with Crippen molar-refractivity contribution in [3.8, 4) is 0 Å². The number of nitrogens with zero attached hydrogens (tertiary/aromatic N) is 6. The van der Waals surface area contributed by atoms with Crippen LogP contribution in [0, 0.1) is 22.9 Å². The molecule has 5 rings (SSSR count). The molecule has 0 saturated carbocycles. The normalized spacial score (nSPS) is 13.8. The minimum atomic E-state index is -0.451. The third kappa shape index (κ3) is 4.17. The monoisotopic (exact) mass is 459 g/mol.